The Morgan fingerprint density at radius 1 is 1.14 bits per heavy atom. The van der Waals surface area contributed by atoms with Gasteiger partial charge in [0.2, 0.25) is 5.91 Å². The quantitative estimate of drug-likeness (QED) is 0.814. The molecule has 1 aliphatic carbocycles. The number of hydrogen-bond acceptors (Lipinski definition) is 3. The van der Waals surface area contributed by atoms with E-state index in [2.05, 4.69) is 17.1 Å². The molecule has 2 aliphatic rings. The first-order valence-electron chi connectivity index (χ1n) is 8.30. The molecule has 0 aromatic heterocycles. The van der Waals surface area contributed by atoms with Crippen molar-refractivity contribution in [2.45, 2.75) is 70.4 Å². The van der Waals surface area contributed by atoms with Gasteiger partial charge in [0.15, 0.2) is 0 Å². The number of carboxylic acid groups (broad SMARTS) is 1. The van der Waals surface area contributed by atoms with E-state index < -0.39 is 5.97 Å². The fourth-order valence-electron chi connectivity index (χ4n) is 3.56. The van der Waals surface area contributed by atoms with E-state index in [1.54, 1.807) is 0 Å². The molecule has 1 amide bonds. The van der Waals surface area contributed by atoms with Crippen LogP contribution in [0.4, 0.5) is 0 Å². The van der Waals surface area contributed by atoms with E-state index in [1.165, 1.54) is 12.8 Å². The summed E-state index contributed by atoms with van der Waals surface area (Å²) in [5, 5.41) is 12.1. The van der Waals surface area contributed by atoms with E-state index >= 15 is 0 Å². The molecule has 2 N–H and O–H groups in total. The van der Waals surface area contributed by atoms with Gasteiger partial charge in [-0.25, -0.2) is 0 Å². The first-order valence-corrected chi connectivity index (χ1v) is 8.30. The number of nitrogens with zero attached hydrogens (tertiary/aromatic N) is 1. The summed E-state index contributed by atoms with van der Waals surface area (Å²) in [5.41, 5.74) is 0. The van der Waals surface area contributed by atoms with Gasteiger partial charge in [-0.1, -0.05) is 13.3 Å². The van der Waals surface area contributed by atoms with E-state index in [1.807, 2.05) is 0 Å². The average molecular weight is 296 g/mol. The van der Waals surface area contributed by atoms with Crippen molar-refractivity contribution in [1.29, 1.82) is 0 Å². The summed E-state index contributed by atoms with van der Waals surface area (Å²) in [5.74, 6) is 0.0700. The summed E-state index contributed by atoms with van der Waals surface area (Å²) >= 11 is 0. The second kappa shape index (κ2) is 7.78. The third-order valence-electron chi connectivity index (χ3n) is 4.89. The second-order valence-corrected chi connectivity index (χ2v) is 6.74. The maximum atomic E-state index is 12.2. The lowest BCUT2D eigenvalue weighted by molar-refractivity contribution is -0.139. The van der Waals surface area contributed by atoms with Crippen LogP contribution in [-0.2, 0) is 9.59 Å². The highest BCUT2D eigenvalue weighted by atomic mass is 16.4. The number of piperidine rings is 1. The molecule has 21 heavy (non-hydrogen) atoms. The van der Waals surface area contributed by atoms with Crippen LogP contribution in [0.15, 0.2) is 0 Å². The molecule has 0 aromatic rings. The van der Waals surface area contributed by atoms with Gasteiger partial charge < -0.3 is 10.4 Å². The predicted molar refractivity (Wildman–Crippen MR) is 81.0 cm³/mol. The molecule has 1 atom stereocenters. The minimum atomic E-state index is -0.770. The van der Waals surface area contributed by atoms with E-state index in [4.69, 9.17) is 5.11 Å². The Kier molecular flexibility index (Phi) is 6.03. The predicted octanol–water partition coefficient (Wildman–Crippen LogP) is 2.01. The molecule has 1 aliphatic heterocycles. The zero-order chi connectivity index (χ0) is 15.2. The number of amides is 1. The zero-order valence-electron chi connectivity index (χ0n) is 13.0. The summed E-state index contributed by atoms with van der Waals surface area (Å²) in [6.45, 7) is 3.46. The maximum absolute atomic E-state index is 12.2. The number of hydrogen-bond donors (Lipinski definition) is 2. The van der Waals surface area contributed by atoms with Gasteiger partial charge in [-0.15, -0.1) is 0 Å². The lowest BCUT2D eigenvalue weighted by atomic mass is 9.87. The first-order chi connectivity index (χ1) is 10.0. The fourth-order valence-corrected chi connectivity index (χ4v) is 3.56. The lowest BCUT2D eigenvalue weighted by Gasteiger charge is -2.35. The molecule has 2 fully saturated rings. The van der Waals surface area contributed by atoms with Gasteiger partial charge in [0.05, 0.1) is 13.0 Å². The largest absolute Gasteiger partial charge is 0.481 e. The highest BCUT2D eigenvalue weighted by Gasteiger charge is 2.27. The molecule has 120 valence electrons. The highest BCUT2D eigenvalue weighted by molar-refractivity contribution is 5.78. The molecule has 2 rings (SSSR count). The number of rotatable bonds is 5. The van der Waals surface area contributed by atoms with Crippen molar-refractivity contribution in [3.63, 3.8) is 0 Å². The second-order valence-electron chi connectivity index (χ2n) is 6.74. The molecule has 0 spiro atoms. The van der Waals surface area contributed by atoms with Gasteiger partial charge in [-0.3, -0.25) is 14.5 Å². The molecule has 1 unspecified atom stereocenters. The number of aliphatic carboxylic acids is 1. The summed E-state index contributed by atoms with van der Waals surface area (Å²) in [6.07, 6.45) is 7.69. The Balaban J connectivity index is 1.78. The summed E-state index contributed by atoms with van der Waals surface area (Å²) < 4.78 is 0. The van der Waals surface area contributed by atoms with Gasteiger partial charge >= 0.3 is 5.97 Å². The van der Waals surface area contributed by atoms with Crippen LogP contribution < -0.4 is 5.32 Å². The van der Waals surface area contributed by atoms with Crippen LogP contribution in [0.5, 0.6) is 0 Å². The smallest absolute Gasteiger partial charge is 0.304 e. The molecule has 0 radical (unpaired) electrons. The normalized spacial score (nSPS) is 30.8. The van der Waals surface area contributed by atoms with Crippen LogP contribution in [0.3, 0.4) is 0 Å². The fraction of sp³-hybridized carbons (Fsp3) is 0.875. The molecule has 1 heterocycles. The third-order valence-corrected chi connectivity index (χ3v) is 4.89. The average Bonchev–Trinajstić information content (AvgIpc) is 2.43. The number of carboxylic acids is 1. The standard InChI is InChI=1S/C16H28N2O3/c1-12-5-7-13(8-6-12)17-15(19)11-18-9-3-2-4-14(18)10-16(20)21/h12-14H,2-11H2,1H3,(H,17,19)(H,20,21). The van der Waals surface area contributed by atoms with E-state index in [0.717, 1.165) is 44.6 Å². The number of carbonyl (C=O) groups excluding carboxylic acids is 1. The van der Waals surface area contributed by atoms with Crippen LogP contribution in [0.25, 0.3) is 0 Å². The Morgan fingerprint density at radius 2 is 1.86 bits per heavy atom. The molecule has 5 heteroatoms. The minimum absolute atomic E-state index is 0.0216. The first kappa shape index (κ1) is 16.3. The molecular formula is C16H28N2O3. The Bertz CT molecular complexity index is 365. The van der Waals surface area contributed by atoms with E-state index in [-0.39, 0.29) is 18.4 Å². The molecule has 1 saturated heterocycles. The molecule has 1 saturated carbocycles. The van der Waals surface area contributed by atoms with Crippen LogP contribution in [-0.4, -0.2) is 47.1 Å². The number of nitrogens with one attached hydrogen (secondary N) is 1. The topological polar surface area (TPSA) is 69.6 Å². The van der Waals surface area contributed by atoms with Crippen LogP contribution in [0.2, 0.25) is 0 Å². The lowest BCUT2D eigenvalue weighted by Crippen LogP contribution is -2.48. The molecule has 0 bridgehead atoms. The van der Waals surface area contributed by atoms with Crippen molar-refractivity contribution in [2.24, 2.45) is 5.92 Å². The molecule has 0 aromatic carbocycles. The van der Waals surface area contributed by atoms with Gasteiger partial charge in [0.25, 0.3) is 0 Å². The van der Waals surface area contributed by atoms with Crippen LogP contribution in [0, 0.1) is 5.92 Å². The van der Waals surface area contributed by atoms with Crippen molar-refractivity contribution in [3.8, 4) is 0 Å². The van der Waals surface area contributed by atoms with E-state index in [0.29, 0.717) is 12.6 Å². The van der Waals surface area contributed by atoms with Gasteiger partial charge in [0, 0.05) is 12.1 Å². The zero-order valence-corrected chi connectivity index (χ0v) is 13.0. The van der Waals surface area contributed by atoms with Crippen molar-refractivity contribution < 1.29 is 14.7 Å². The maximum Gasteiger partial charge on any atom is 0.304 e. The van der Waals surface area contributed by atoms with Crippen molar-refractivity contribution in [2.75, 3.05) is 13.1 Å². The van der Waals surface area contributed by atoms with Crippen molar-refractivity contribution in [3.05, 3.63) is 0 Å². The van der Waals surface area contributed by atoms with Crippen LogP contribution >= 0.6 is 0 Å². The Hall–Kier alpha value is -1.10. The van der Waals surface area contributed by atoms with Crippen molar-refractivity contribution >= 4 is 11.9 Å². The van der Waals surface area contributed by atoms with E-state index in [9.17, 15) is 9.59 Å². The van der Waals surface area contributed by atoms with Crippen LogP contribution in [0.1, 0.15) is 58.3 Å². The number of likely N-dealkylation sites (tertiary alicyclic amines) is 1. The monoisotopic (exact) mass is 296 g/mol. The van der Waals surface area contributed by atoms with Gasteiger partial charge in [0.1, 0.15) is 0 Å². The molecular weight excluding hydrogens is 268 g/mol. The SMILES string of the molecule is CC1CCC(NC(=O)CN2CCCCC2CC(=O)O)CC1. The van der Waals surface area contributed by atoms with Crippen molar-refractivity contribution in [1.82, 2.24) is 10.2 Å². The highest BCUT2D eigenvalue weighted by Crippen LogP contribution is 2.23. The minimum Gasteiger partial charge on any atom is -0.481 e. The van der Waals surface area contributed by atoms with Gasteiger partial charge in [-0.05, 0) is 51.0 Å². The third kappa shape index (κ3) is 5.30. The molecule has 5 nitrogen and oxygen atoms in total. The Labute approximate surface area is 127 Å². The Morgan fingerprint density at radius 3 is 2.52 bits per heavy atom. The van der Waals surface area contributed by atoms with Gasteiger partial charge in [-0.2, -0.15) is 0 Å². The summed E-state index contributed by atoms with van der Waals surface area (Å²) in [6, 6.07) is 0.338. The number of carbonyl (C=O) groups is 2. The summed E-state index contributed by atoms with van der Waals surface area (Å²) in [4.78, 5) is 25.2. The summed E-state index contributed by atoms with van der Waals surface area (Å²) in [7, 11) is 0.